The Morgan fingerprint density at radius 2 is 1.77 bits per heavy atom. The van der Waals surface area contributed by atoms with Crippen LogP contribution in [0.25, 0.3) is 0 Å². The zero-order chi connectivity index (χ0) is 23.3. The molecule has 1 aromatic rings. The molecule has 1 amide bonds. The molecule has 0 radical (unpaired) electrons. The Morgan fingerprint density at radius 1 is 1.10 bits per heavy atom. The molecule has 0 aliphatic heterocycles. The number of anilines is 1. The molecule has 0 atom stereocenters. The first-order valence-corrected chi connectivity index (χ1v) is 10.2. The van der Waals surface area contributed by atoms with E-state index in [0.717, 1.165) is 12.0 Å². The Labute approximate surface area is 181 Å². The first kappa shape index (κ1) is 26.5. The standard InChI is InChI=1S/C21H33F3N4O3/c1-5-25-18(26-12-6-14-30-15-21(22,23)24)27-13-11-16-7-9-17(10-8-16)28-19(29)31-20(2,3)4/h7-10H,5-6,11-15H2,1-4H3,(H,28,29)(H2,25,26,27). The normalized spacial score (nSPS) is 12.4. The van der Waals surface area contributed by atoms with Crippen molar-refractivity contribution >= 4 is 17.7 Å². The van der Waals surface area contributed by atoms with E-state index in [1.54, 1.807) is 32.9 Å². The third kappa shape index (κ3) is 14.2. The number of benzene rings is 1. The summed E-state index contributed by atoms with van der Waals surface area (Å²) in [6.07, 6.45) is -3.67. The number of nitrogens with one attached hydrogen (secondary N) is 3. The molecule has 10 heteroatoms. The molecule has 0 heterocycles. The van der Waals surface area contributed by atoms with Crippen molar-refractivity contribution in [1.82, 2.24) is 10.6 Å². The summed E-state index contributed by atoms with van der Waals surface area (Å²) in [6.45, 7) is 7.75. The second-order valence-corrected chi connectivity index (χ2v) is 7.78. The van der Waals surface area contributed by atoms with Crippen molar-refractivity contribution in [2.45, 2.75) is 52.3 Å². The van der Waals surface area contributed by atoms with Crippen molar-refractivity contribution in [2.75, 3.05) is 38.2 Å². The molecule has 3 N–H and O–H groups in total. The van der Waals surface area contributed by atoms with E-state index in [4.69, 9.17) is 4.74 Å². The second kappa shape index (κ2) is 13.0. The summed E-state index contributed by atoms with van der Waals surface area (Å²) in [5.41, 5.74) is 1.16. The number of guanidine groups is 1. The van der Waals surface area contributed by atoms with Gasteiger partial charge in [-0.1, -0.05) is 12.1 Å². The van der Waals surface area contributed by atoms with Crippen LogP contribution in [0.2, 0.25) is 0 Å². The molecule has 0 unspecified atom stereocenters. The van der Waals surface area contributed by atoms with Gasteiger partial charge >= 0.3 is 12.3 Å². The number of amides is 1. The van der Waals surface area contributed by atoms with Crippen LogP contribution in [-0.4, -0.2) is 56.7 Å². The minimum absolute atomic E-state index is 0.00605. The van der Waals surface area contributed by atoms with Crippen molar-refractivity contribution in [3.05, 3.63) is 29.8 Å². The van der Waals surface area contributed by atoms with Crippen LogP contribution >= 0.6 is 0 Å². The average Bonchev–Trinajstić information content (AvgIpc) is 2.63. The number of carbonyl (C=O) groups excluding carboxylic acids is 1. The summed E-state index contributed by atoms with van der Waals surface area (Å²) in [5.74, 6) is 0.599. The average molecular weight is 447 g/mol. The summed E-state index contributed by atoms with van der Waals surface area (Å²) in [7, 11) is 0. The van der Waals surface area contributed by atoms with Crippen LogP contribution in [0.3, 0.4) is 0 Å². The van der Waals surface area contributed by atoms with Gasteiger partial charge in [0.1, 0.15) is 12.2 Å². The molecule has 0 spiro atoms. The van der Waals surface area contributed by atoms with Gasteiger partial charge in [-0.15, -0.1) is 0 Å². The van der Waals surface area contributed by atoms with Gasteiger partial charge in [-0.2, -0.15) is 13.2 Å². The summed E-state index contributed by atoms with van der Waals surface area (Å²) < 4.78 is 45.8. The number of alkyl halides is 3. The van der Waals surface area contributed by atoms with Gasteiger partial charge in [0.05, 0.1) is 0 Å². The van der Waals surface area contributed by atoms with Gasteiger partial charge in [-0.25, -0.2) is 4.79 Å². The molecule has 0 saturated carbocycles. The van der Waals surface area contributed by atoms with Crippen LogP contribution in [0.5, 0.6) is 0 Å². The summed E-state index contributed by atoms with van der Waals surface area (Å²) >= 11 is 0. The summed E-state index contributed by atoms with van der Waals surface area (Å²) in [4.78, 5) is 16.1. The molecule has 1 aromatic carbocycles. The van der Waals surface area contributed by atoms with Gasteiger partial charge < -0.3 is 20.1 Å². The lowest BCUT2D eigenvalue weighted by atomic mass is 10.1. The number of nitrogens with zero attached hydrogens (tertiary/aromatic N) is 1. The maximum atomic E-state index is 12.0. The van der Waals surface area contributed by atoms with Crippen LogP contribution in [0.4, 0.5) is 23.7 Å². The Morgan fingerprint density at radius 3 is 2.35 bits per heavy atom. The van der Waals surface area contributed by atoms with E-state index in [1.807, 2.05) is 19.1 Å². The SMILES string of the molecule is CCNC(=NCCCOCC(F)(F)F)NCCc1ccc(NC(=O)OC(C)(C)C)cc1. The van der Waals surface area contributed by atoms with E-state index < -0.39 is 24.5 Å². The molecule has 1 rings (SSSR count). The molecule has 176 valence electrons. The monoisotopic (exact) mass is 446 g/mol. The van der Waals surface area contributed by atoms with Gasteiger partial charge in [-0.05, 0) is 58.2 Å². The van der Waals surface area contributed by atoms with Crippen LogP contribution in [-0.2, 0) is 15.9 Å². The zero-order valence-electron chi connectivity index (χ0n) is 18.6. The number of ether oxygens (including phenoxy) is 2. The van der Waals surface area contributed by atoms with Gasteiger partial charge in [0, 0.05) is 31.9 Å². The van der Waals surface area contributed by atoms with E-state index >= 15 is 0 Å². The minimum atomic E-state index is -4.30. The first-order valence-electron chi connectivity index (χ1n) is 10.2. The van der Waals surface area contributed by atoms with Crippen LogP contribution in [0, 0.1) is 0 Å². The first-order chi connectivity index (χ1) is 14.5. The maximum Gasteiger partial charge on any atom is 0.412 e. The Balaban J connectivity index is 2.37. The van der Waals surface area contributed by atoms with Gasteiger partial charge in [0.2, 0.25) is 0 Å². The lowest BCUT2D eigenvalue weighted by Gasteiger charge is -2.19. The fourth-order valence-corrected chi connectivity index (χ4v) is 2.39. The molecule has 0 bridgehead atoms. The predicted octanol–water partition coefficient (Wildman–Crippen LogP) is 4.10. The molecular weight excluding hydrogens is 413 g/mol. The topological polar surface area (TPSA) is 84.0 Å². The number of aliphatic imine (C=N–C) groups is 1. The third-order valence-corrected chi connectivity index (χ3v) is 3.63. The Bertz CT molecular complexity index is 687. The van der Waals surface area contributed by atoms with Crippen molar-refractivity contribution in [1.29, 1.82) is 0 Å². The molecule has 0 aromatic heterocycles. The van der Waals surface area contributed by atoms with E-state index in [-0.39, 0.29) is 6.61 Å². The maximum absolute atomic E-state index is 12.0. The lowest BCUT2D eigenvalue weighted by molar-refractivity contribution is -0.173. The predicted molar refractivity (Wildman–Crippen MR) is 115 cm³/mol. The molecule has 0 aliphatic rings. The minimum Gasteiger partial charge on any atom is -0.444 e. The highest BCUT2D eigenvalue weighted by molar-refractivity contribution is 5.84. The fraction of sp³-hybridized carbons (Fsp3) is 0.619. The number of halogens is 3. The van der Waals surface area contributed by atoms with Crippen molar-refractivity contribution in [3.63, 3.8) is 0 Å². The molecule has 0 aliphatic carbocycles. The number of hydrogen-bond acceptors (Lipinski definition) is 4. The van der Waals surface area contributed by atoms with Crippen LogP contribution in [0.1, 0.15) is 39.7 Å². The van der Waals surface area contributed by atoms with Crippen LogP contribution < -0.4 is 16.0 Å². The summed E-state index contributed by atoms with van der Waals surface area (Å²) in [6, 6.07) is 7.44. The molecular formula is C21H33F3N4O3. The van der Waals surface area contributed by atoms with Crippen molar-refractivity contribution in [2.24, 2.45) is 4.99 Å². The Kier molecular flexibility index (Phi) is 11.2. The quantitative estimate of drug-likeness (QED) is 0.286. The largest absolute Gasteiger partial charge is 0.444 e. The van der Waals surface area contributed by atoms with E-state index in [1.165, 1.54) is 0 Å². The Hall–Kier alpha value is -2.49. The van der Waals surface area contributed by atoms with Crippen molar-refractivity contribution < 1.29 is 27.4 Å². The van der Waals surface area contributed by atoms with Gasteiger partial charge in [0.15, 0.2) is 5.96 Å². The number of hydrogen-bond donors (Lipinski definition) is 3. The highest BCUT2D eigenvalue weighted by Gasteiger charge is 2.27. The van der Waals surface area contributed by atoms with E-state index in [2.05, 4.69) is 25.7 Å². The highest BCUT2D eigenvalue weighted by atomic mass is 19.4. The number of carbonyl (C=O) groups is 1. The molecule has 0 saturated heterocycles. The molecule has 7 nitrogen and oxygen atoms in total. The number of rotatable bonds is 10. The van der Waals surface area contributed by atoms with Crippen LogP contribution in [0.15, 0.2) is 29.3 Å². The second-order valence-electron chi connectivity index (χ2n) is 7.78. The van der Waals surface area contributed by atoms with Crippen molar-refractivity contribution in [3.8, 4) is 0 Å². The fourth-order valence-electron chi connectivity index (χ4n) is 2.39. The smallest absolute Gasteiger partial charge is 0.412 e. The van der Waals surface area contributed by atoms with Gasteiger partial charge in [0.25, 0.3) is 0 Å². The van der Waals surface area contributed by atoms with E-state index in [9.17, 15) is 18.0 Å². The van der Waals surface area contributed by atoms with E-state index in [0.29, 0.717) is 37.7 Å². The molecule has 0 fully saturated rings. The lowest BCUT2D eigenvalue weighted by Crippen LogP contribution is -2.38. The van der Waals surface area contributed by atoms with Gasteiger partial charge in [-0.3, -0.25) is 10.3 Å². The third-order valence-electron chi connectivity index (χ3n) is 3.63. The molecule has 31 heavy (non-hydrogen) atoms. The zero-order valence-corrected chi connectivity index (χ0v) is 18.6. The summed E-state index contributed by atoms with van der Waals surface area (Å²) in [5, 5.41) is 8.96. The highest BCUT2D eigenvalue weighted by Crippen LogP contribution is 2.14.